The predicted octanol–water partition coefficient (Wildman–Crippen LogP) is 1.35. The number of nitrogens with one attached hydrogen (secondary N) is 1. The quantitative estimate of drug-likeness (QED) is 0.742. The summed E-state index contributed by atoms with van der Waals surface area (Å²) in [5.74, 6) is -0.170. The molecular weight excluding hydrogens is 206 g/mol. The van der Waals surface area contributed by atoms with E-state index in [-0.39, 0.29) is 5.97 Å². The van der Waals surface area contributed by atoms with Gasteiger partial charge in [0.1, 0.15) is 0 Å². The Morgan fingerprint density at radius 1 is 1.56 bits per heavy atom. The average Bonchev–Trinajstić information content (AvgIpc) is 2.59. The maximum atomic E-state index is 11.1. The van der Waals surface area contributed by atoms with Crippen molar-refractivity contribution in [3.63, 3.8) is 0 Å². The maximum Gasteiger partial charge on any atom is 0.307 e. The molecule has 0 aliphatic rings. The van der Waals surface area contributed by atoms with Gasteiger partial charge in [-0.2, -0.15) is 5.10 Å². The molecule has 1 aromatic rings. The van der Waals surface area contributed by atoms with E-state index in [0.717, 1.165) is 17.8 Å². The number of esters is 1. The van der Waals surface area contributed by atoms with E-state index in [4.69, 9.17) is 4.74 Å². The lowest BCUT2D eigenvalue weighted by molar-refractivity contribution is -0.142. The number of aryl methyl sites for hydroxylation is 2. The molecule has 5 nitrogen and oxygen atoms in total. The number of carbonyl (C=O) groups is 1. The van der Waals surface area contributed by atoms with E-state index in [2.05, 4.69) is 17.3 Å². The van der Waals surface area contributed by atoms with Crippen molar-refractivity contribution in [1.29, 1.82) is 0 Å². The Hall–Kier alpha value is -1.52. The number of hydrogen-bond acceptors (Lipinski definition) is 4. The van der Waals surface area contributed by atoms with Gasteiger partial charge in [-0.05, 0) is 13.3 Å². The fourth-order valence-electron chi connectivity index (χ4n) is 1.48. The number of ether oxygens (including phenoxy) is 1. The minimum atomic E-state index is -0.170. The van der Waals surface area contributed by atoms with Gasteiger partial charge in [0, 0.05) is 19.8 Å². The fraction of sp³-hybridized carbons (Fsp3) is 0.636. The molecule has 1 heterocycles. The molecule has 1 N–H and O–H groups in total. The number of hydrogen-bond donors (Lipinski definition) is 1. The fourth-order valence-corrected chi connectivity index (χ4v) is 1.48. The molecule has 0 aliphatic carbocycles. The summed E-state index contributed by atoms with van der Waals surface area (Å²) in [6.45, 7) is 4.88. The number of aromatic nitrogens is 2. The molecule has 5 heteroatoms. The molecule has 0 saturated carbocycles. The summed E-state index contributed by atoms with van der Waals surface area (Å²) in [7, 11) is 1.88. The van der Waals surface area contributed by atoms with Gasteiger partial charge in [0.25, 0.3) is 0 Å². The van der Waals surface area contributed by atoms with Crippen LogP contribution in [0.25, 0.3) is 0 Å². The molecule has 0 radical (unpaired) electrons. The molecule has 0 amide bonds. The molecule has 0 unspecified atom stereocenters. The van der Waals surface area contributed by atoms with E-state index in [1.165, 1.54) is 0 Å². The summed E-state index contributed by atoms with van der Waals surface area (Å²) in [5.41, 5.74) is 2.01. The zero-order valence-corrected chi connectivity index (χ0v) is 10.1. The van der Waals surface area contributed by atoms with Crippen LogP contribution in [-0.4, -0.2) is 28.9 Å². The molecular formula is C11H19N3O2. The highest BCUT2D eigenvalue weighted by Gasteiger charge is 2.06. The SMILES string of the molecule is CCOC(=O)CCNc1cn(C)nc1CC. The predicted molar refractivity (Wildman–Crippen MR) is 62.3 cm³/mol. The monoisotopic (exact) mass is 225 g/mol. The highest BCUT2D eigenvalue weighted by molar-refractivity contribution is 5.70. The van der Waals surface area contributed by atoms with Gasteiger partial charge in [-0.15, -0.1) is 0 Å². The highest BCUT2D eigenvalue weighted by Crippen LogP contribution is 2.13. The molecule has 0 spiro atoms. The molecule has 90 valence electrons. The van der Waals surface area contributed by atoms with E-state index in [0.29, 0.717) is 19.6 Å². The summed E-state index contributed by atoms with van der Waals surface area (Å²) < 4.78 is 6.61. The third kappa shape index (κ3) is 3.56. The summed E-state index contributed by atoms with van der Waals surface area (Å²) >= 11 is 0. The molecule has 0 saturated heterocycles. The molecule has 0 atom stereocenters. The molecule has 0 aromatic carbocycles. The van der Waals surface area contributed by atoms with Crippen molar-refractivity contribution in [2.45, 2.75) is 26.7 Å². The number of anilines is 1. The van der Waals surface area contributed by atoms with Crippen LogP contribution in [0.4, 0.5) is 5.69 Å². The lowest BCUT2D eigenvalue weighted by Gasteiger charge is -2.04. The minimum absolute atomic E-state index is 0.170. The van der Waals surface area contributed by atoms with Gasteiger partial charge in [-0.25, -0.2) is 0 Å². The molecule has 1 aromatic heterocycles. The van der Waals surface area contributed by atoms with Crippen LogP contribution in [0.3, 0.4) is 0 Å². The van der Waals surface area contributed by atoms with Gasteiger partial charge in [0.05, 0.1) is 24.4 Å². The minimum Gasteiger partial charge on any atom is -0.466 e. The van der Waals surface area contributed by atoms with E-state index in [9.17, 15) is 4.79 Å². The second kappa shape index (κ2) is 6.15. The van der Waals surface area contributed by atoms with Gasteiger partial charge in [-0.1, -0.05) is 6.92 Å². The van der Waals surface area contributed by atoms with Gasteiger partial charge in [0.2, 0.25) is 0 Å². The van der Waals surface area contributed by atoms with Crippen molar-refractivity contribution in [2.75, 3.05) is 18.5 Å². The third-order valence-corrected chi connectivity index (χ3v) is 2.19. The molecule has 0 bridgehead atoms. The first-order chi connectivity index (χ1) is 7.67. The zero-order chi connectivity index (χ0) is 12.0. The molecule has 0 aliphatic heterocycles. The van der Waals surface area contributed by atoms with E-state index in [1.807, 2.05) is 20.2 Å². The van der Waals surface area contributed by atoms with Gasteiger partial charge in [-0.3, -0.25) is 9.48 Å². The Kier molecular flexibility index (Phi) is 4.82. The van der Waals surface area contributed by atoms with Crippen LogP contribution in [0.5, 0.6) is 0 Å². The largest absolute Gasteiger partial charge is 0.466 e. The molecule has 1 rings (SSSR count). The van der Waals surface area contributed by atoms with Gasteiger partial charge < -0.3 is 10.1 Å². The molecule has 0 fully saturated rings. The lowest BCUT2D eigenvalue weighted by atomic mass is 10.3. The normalized spacial score (nSPS) is 10.2. The van der Waals surface area contributed by atoms with Crippen LogP contribution in [-0.2, 0) is 23.0 Å². The number of carbonyl (C=O) groups excluding carboxylic acids is 1. The summed E-state index contributed by atoms with van der Waals surface area (Å²) in [4.78, 5) is 11.1. The summed E-state index contributed by atoms with van der Waals surface area (Å²) in [6.07, 6.45) is 3.18. The van der Waals surface area contributed by atoms with Crippen molar-refractivity contribution in [2.24, 2.45) is 7.05 Å². The topological polar surface area (TPSA) is 56.1 Å². The Bertz CT molecular complexity index is 347. The van der Waals surface area contributed by atoms with Crippen molar-refractivity contribution >= 4 is 11.7 Å². The third-order valence-electron chi connectivity index (χ3n) is 2.19. The second-order valence-corrected chi connectivity index (χ2v) is 3.50. The highest BCUT2D eigenvalue weighted by atomic mass is 16.5. The van der Waals surface area contributed by atoms with Crippen LogP contribution >= 0.6 is 0 Å². The number of rotatable bonds is 6. The Morgan fingerprint density at radius 3 is 2.94 bits per heavy atom. The Balaban J connectivity index is 2.39. The second-order valence-electron chi connectivity index (χ2n) is 3.50. The van der Waals surface area contributed by atoms with Crippen LogP contribution in [0.1, 0.15) is 26.0 Å². The first-order valence-electron chi connectivity index (χ1n) is 5.59. The molecule has 16 heavy (non-hydrogen) atoms. The van der Waals surface area contributed by atoms with Crippen LogP contribution in [0.2, 0.25) is 0 Å². The van der Waals surface area contributed by atoms with E-state index >= 15 is 0 Å². The van der Waals surface area contributed by atoms with Crippen molar-refractivity contribution in [3.8, 4) is 0 Å². The number of nitrogens with zero attached hydrogens (tertiary/aromatic N) is 2. The lowest BCUT2D eigenvalue weighted by Crippen LogP contribution is -2.11. The Labute approximate surface area is 95.8 Å². The average molecular weight is 225 g/mol. The van der Waals surface area contributed by atoms with Crippen molar-refractivity contribution < 1.29 is 9.53 Å². The summed E-state index contributed by atoms with van der Waals surface area (Å²) in [5, 5.41) is 7.49. The zero-order valence-electron chi connectivity index (χ0n) is 10.1. The van der Waals surface area contributed by atoms with Crippen molar-refractivity contribution in [1.82, 2.24) is 9.78 Å². The standard InChI is InChI=1S/C11H19N3O2/c1-4-9-10(8-14(3)13-9)12-7-6-11(15)16-5-2/h8,12H,4-7H2,1-3H3. The van der Waals surface area contributed by atoms with E-state index < -0.39 is 0 Å². The van der Waals surface area contributed by atoms with Crippen LogP contribution in [0.15, 0.2) is 6.20 Å². The van der Waals surface area contributed by atoms with Crippen molar-refractivity contribution in [3.05, 3.63) is 11.9 Å². The maximum absolute atomic E-state index is 11.1. The smallest absolute Gasteiger partial charge is 0.307 e. The van der Waals surface area contributed by atoms with Crippen LogP contribution in [0, 0.1) is 0 Å². The van der Waals surface area contributed by atoms with Gasteiger partial charge in [0.15, 0.2) is 0 Å². The van der Waals surface area contributed by atoms with Crippen LogP contribution < -0.4 is 5.32 Å². The summed E-state index contributed by atoms with van der Waals surface area (Å²) in [6, 6.07) is 0. The Morgan fingerprint density at radius 2 is 2.31 bits per heavy atom. The first-order valence-corrected chi connectivity index (χ1v) is 5.59. The van der Waals surface area contributed by atoms with E-state index in [1.54, 1.807) is 4.68 Å². The first kappa shape index (κ1) is 12.5. The van der Waals surface area contributed by atoms with Gasteiger partial charge >= 0.3 is 5.97 Å².